The second-order valence-corrected chi connectivity index (χ2v) is 4.69. The molecule has 98 valence electrons. The van der Waals surface area contributed by atoms with Gasteiger partial charge in [0.2, 0.25) is 0 Å². The fourth-order valence-electron chi connectivity index (χ4n) is 2.15. The minimum atomic E-state index is 0.123. The first-order valence-electron chi connectivity index (χ1n) is 6.64. The van der Waals surface area contributed by atoms with Crippen molar-refractivity contribution in [3.63, 3.8) is 0 Å². The molecule has 1 aromatic heterocycles. The van der Waals surface area contributed by atoms with Crippen LogP contribution < -0.4 is 5.32 Å². The average molecular weight is 252 g/mol. The van der Waals surface area contributed by atoms with Gasteiger partial charge in [0.05, 0.1) is 11.7 Å². The minimum Gasteiger partial charge on any atom is -0.302 e. The first kappa shape index (κ1) is 13.5. The molecule has 0 amide bonds. The van der Waals surface area contributed by atoms with E-state index in [1.807, 2.05) is 30.5 Å². The first-order valence-corrected chi connectivity index (χ1v) is 6.64. The predicted octanol–water partition coefficient (Wildman–Crippen LogP) is 3.73. The van der Waals surface area contributed by atoms with Gasteiger partial charge >= 0.3 is 0 Å². The van der Waals surface area contributed by atoms with E-state index in [0.29, 0.717) is 6.04 Å². The molecule has 2 nitrogen and oxygen atoms in total. The number of nitrogens with zero attached hydrogens (tertiary/aromatic N) is 1. The van der Waals surface area contributed by atoms with Crippen molar-refractivity contribution in [3.8, 4) is 0 Å². The van der Waals surface area contributed by atoms with Crippen LogP contribution in [-0.4, -0.2) is 11.0 Å². The summed E-state index contributed by atoms with van der Waals surface area (Å²) in [4.78, 5) is 4.48. The van der Waals surface area contributed by atoms with E-state index in [2.05, 4.69) is 54.1 Å². The molecule has 0 bridgehead atoms. The second kappa shape index (κ2) is 6.86. The van der Waals surface area contributed by atoms with Crippen molar-refractivity contribution in [1.82, 2.24) is 10.3 Å². The van der Waals surface area contributed by atoms with Gasteiger partial charge in [-0.1, -0.05) is 42.5 Å². The Balaban J connectivity index is 2.26. The van der Waals surface area contributed by atoms with E-state index in [1.54, 1.807) is 0 Å². The Morgan fingerprint density at radius 3 is 2.53 bits per heavy atom. The van der Waals surface area contributed by atoms with Crippen LogP contribution in [0.5, 0.6) is 0 Å². The summed E-state index contributed by atoms with van der Waals surface area (Å²) in [5.41, 5.74) is 2.28. The van der Waals surface area contributed by atoms with Crippen molar-refractivity contribution in [3.05, 3.63) is 78.6 Å². The van der Waals surface area contributed by atoms with E-state index >= 15 is 0 Å². The SMILES string of the molecule is C=CCC(C)NC(c1ccccc1)c1ccccn1. The standard InChI is InChI=1S/C17H20N2/c1-3-9-14(2)19-17(15-10-5-4-6-11-15)16-12-7-8-13-18-16/h3-8,10-14,17,19H,1,9H2,2H3. The van der Waals surface area contributed by atoms with Crippen molar-refractivity contribution in [1.29, 1.82) is 0 Å². The molecule has 1 heterocycles. The Morgan fingerprint density at radius 1 is 1.16 bits per heavy atom. The predicted molar refractivity (Wildman–Crippen MR) is 79.9 cm³/mol. The highest BCUT2D eigenvalue weighted by Crippen LogP contribution is 2.20. The van der Waals surface area contributed by atoms with Gasteiger partial charge in [-0.15, -0.1) is 6.58 Å². The fourth-order valence-corrected chi connectivity index (χ4v) is 2.15. The summed E-state index contributed by atoms with van der Waals surface area (Å²) >= 11 is 0. The third-order valence-electron chi connectivity index (χ3n) is 3.09. The van der Waals surface area contributed by atoms with Gasteiger partial charge in [-0.2, -0.15) is 0 Å². The second-order valence-electron chi connectivity index (χ2n) is 4.69. The monoisotopic (exact) mass is 252 g/mol. The van der Waals surface area contributed by atoms with Crippen molar-refractivity contribution < 1.29 is 0 Å². The van der Waals surface area contributed by atoms with Gasteiger partial charge in [0, 0.05) is 12.2 Å². The maximum atomic E-state index is 4.48. The fraction of sp³-hybridized carbons (Fsp3) is 0.235. The van der Waals surface area contributed by atoms with Crippen LogP contribution in [0.1, 0.15) is 30.6 Å². The van der Waals surface area contributed by atoms with Crippen LogP contribution in [0, 0.1) is 0 Å². The topological polar surface area (TPSA) is 24.9 Å². The molecule has 19 heavy (non-hydrogen) atoms. The molecule has 2 rings (SSSR count). The lowest BCUT2D eigenvalue weighted by atomic mass is 10.0. The van der Waals surface area contributed by atoms with Crippen LogP contribution in [0.15, 0.2) is 67.4 Å². The van der Waals surface area contributed by atoms with Crippen LogP contribution in [0.3, 0.4) is 0 Å². The van der Waals surface area contributed by atoms with E-state index in [9.17, 15) is 0 Å². The third kappa shape index (κ3) is 3.76. The Kier molecular flexibility index (Phi) is 4.87. The molecule has 0 radical (unpaired) electrons. The van der Waals surface area contributed by atoms with Gasteiger partial charge in [-0.3, -0.25) is 4.98 Å². The molecular weight excluding hydrogens is 232 g/mol. The Morgan fingerprint density at radius 2 is 1.89 bits per heavy atom. The highest BCUT2D eigenvalue weighted by Gasteiger charge is 2.16. The van der Waals surface area contributed by atoms with Gasteiger partial charge in [0.1, 0.15) is 0 Å². The lowest BCUT2D eigenvalue weighted by Crippen LogP contribution is -2.31. The zero-order valence-corrected chi connectivity index (χ0v) is 11.3. The van der Waals surface area contributed by atoms with E-state index in [-0.39, 0.29) is 6.04 Å². The molecule has 1 aromatic carbocycles. The Labute approximate surface area is 115 Å². The molecule has 0 aliphatic carbocycles. The average Bonchev–Trinajstić information content (AvgIpc) is 2.47. The van der Waals surface area contributed by atoms with Gasteiger partial charge in [0.15, 0.2) is 0 Å². The van der Waals surface area contributed by atoms with Crippen LogP contribution in [0.25, 0.3) is 0 Å². The molecule has 0 aliphatic heterocycles. The molecule has 0 fully saturated rings. The van der Waals surface area contributed by atoms with Crippen molar-refractivity contribution >= 4 is 0 Å². The van der Waals surface area contributed by atoms with Crippen LogP contribution in [0.4, 0.5) is 0 Å². The highest BCUT2D eigenvalue weighted by atomic mass is 15.0. The van der Waals surface area contributed by atoms with E-state index in [1.165, 1.54) is 5.56 Å². The third-order valence-corrected chi connectivity index (χ3v) is 3.09. The van der Waals surface area contributed by atoms with Crippen molar-refractivity contribution in [2.75, 3.05) is 0 Å². The maximum Gasteiger partial charge on any atom is 0.0753 e. The van der Waals surface area contributed by atoms with Crippen LogP contribution in [-0.2, 0) is 0 Å². The minimum absolute atomic E-state index is 0.123. The largest absolute Gasteiger partial charge is 0.302 e. The number of hydrogen-bond acceptors (Lipinski definition) is 2. The lowest BCUT2D eigenvalue weighted by molar-refractivity contribution is 0.495. The molecule has 2 unspecified atom stereocenters. The number of rotatable bonds is 6. The lowest BCUT2D eigenvalue weighted by Gasteiger charge is -2.22. The molecule has 2 aromatic rings. The van der Waals surface area contributed by atoms with Crippen LogP contribution >= 0.6 is 0 Å². The van der Waals surface area contributed by atoms with Gasteiger partial charge < -0.3 is 5.32 Å². The summed E-state index contributed by atoms with van der Waals surface area (Å²) in [7, 11) is 0. The van der Waals surface area contributed by atoms with Crippen LogP contribution in [0.2, 0.25) is 0 Å². The normalized spacial score (nSPS) is 13.7. The van der Waals surface area contributed by atoms with Gasteiger partial charge in [0.25, 0.3) is 0 Å². The summed E-state index contributed by atoms with van der Waals surface area (Å²) < 4.78 is 0. The Bertz CT molecular complexity index is 454. The van der Waals surface area contributed by atoms with Gasteiger partial charge in [-0.05, 0) is 31.0 Å². The molecule has 0 saturated carbocycles. The number of hydrogen-bond donors (Lipinski definition) is 1. The van der Waals surface area contributed by atoms with E-state index in [0.717, 1.165) is 12.1 Å². The number of pyridine rings is 1. The number of nitrogens with one attached hydrogen (secondary N) is 1. The molecular formula is C17H20N2. The van der Waals surface area contributed by atoms with Gasteiger partial charge in [-0.25, -0.2) is 0 Å². The summed E-state index contributed by atoms with van der Waals surface area (Å²) in [6, 6.07) is 16.9. The molecule has 1 N–H and O–H groups in total. The highest BCUT2D eigenvalue weighted by molar-refractivity contribution is 5.27. The first-order chi connectivity index (χ1) is 9.31. The van der Waals surface area contributed by atoms with E-state index in [4.69, 9.17) is 0 Å². The molecule has 0 saturated heterocycles. The zero-order valence-electron chi connectivity index (χ0n) is 11.3. The maximum absolute atomic E-state index is 4.48. The molecule has 0 aliphatic rings. The summed E-state index contributed by atoms with van der Waals surface area (Å²) in [6.45, 7) is 5.97. The molecule has 0 spiro atoms. The summed E-state index contributed by atoms with van der Waals surface area (Å²) in [5.74, 6) is 0. The quantitative estimate of drug-likeness (QED) is 0.792. The van der Waals surface area contributed by atoms with Crippen molar-refractivity contribution in [2.45, 2.75) is 25.4 Å². The molecule has 2 heteroatoms. The zero-order chi connectivity index (χ0) is 13.5. The van der Waals surface area contributed by atoms with Crippen molar-refractivity contribution in [2.24, 2.45) is 0 Å². The summed E-state index contributed by atoms with van der Waals surface area (Å²) in [5, 5.41) is 3.62. The molecule has 2 atom stereocenters. The van der Waals surface area contributed by atoms with E-state index < -0.39 is 0 Å². The number of aromatic nitrogens is 1. The summed E-state index contributed by atoms with van der Waals surface area (Å²) in [6.07, 6.45) is 4.72. The smallest absolute Gasteiger partial charge is 0.0753 e. The number of benzene rings is 1. The Hall–Kier alpha value is -1.93.